The lowest BCUT2D eigenvalue weighted by Gasteiger charge is -2.37. The summed E-state index contributed by atoms with van der Waals surface area (Å²) in [6.07, 6.45) is 6.36. The normalized spacial score (nSPS) is 34.3. The summed E-state index contributed by atoms with van der Waals surface area (Å²) in [5.74, 6) is 1.04. The molecule has 1 aliphatic heterocycles. The summed E-state index contributed by atoms with van der Waals surface area (Å²) in [5.41, 5.74) is 0. The van der Waals surface area contributed by atoms with Crippen LogP contribution < -0.4 is 5.32 Å². The van der Waals surface area contributed by atoms with E-state index in [1.54, 1.807) is 0 Å². The second-order valence-corrected chi connectivity index (χ2v) is 8.41. The van der Waals surface area contributed by atoms with Crippen LogP contribution in [0.1, 0.15) is 39.0 Å². The SMILES string of the molecule is CCNC(C1CCOC1)C1CCCC(S(C)(=O)=O)C1. The van der Waals surface area contributed by atoms with Crippen LogP contribution in [0.25, 0.3) is 0 Å². The van der Waals surface area contributed by atoms with Crippen molar-refractivity contribution in [2.45, 2.75) is 50.3 Å². The van der Waals surface area contributed by atoms with E-state index in [4.69, 9.17) is 4.74 Å². The maximum Gasteiger partial charge on any atom is 0.150 e. The Labute approximate surface area is 117 Å². The summed E-state index contributed by atoms with van der Waals surface area (Å²) < 4.78 is 29.1. The first-order chi connectivity index (χ1) is 9.02. The van der Waals surface area contributed by atoms with Crippen LogP contribution in [0.3, 0.4) is 0 Å². The molecule has 2 aliphatic rings. The van der Waals surface area contributed by atoms with Crippen LogP contribution >= 0.6 is 0 Å². The minimum Gasteiger partial charge on any atom is -0.381 e. The second-order valence-electron chi connectivity index (χ2n) is 6.09. The topological polar surface area (TPSA) is 55.4 Å². The lowest BCUT2D eigenvalue weighted by molar-refractivity contribution is 0.154. The van der Waals surface area contributed by atoms with Crippen LogP contribution in [0.5, 0.6) is 0 Å². The van der Waals surface area contributed by atoms with E-state index in [-0.39, 0.29) is 5.25 Å². The zero-order valence-corrected chi connectivity index (χ0v) is 12.9. The summed E-state index contributed by atoms with van der Waals surface area (Å²) in [5, 5.41) is 3.46. The van der Waals surface area contributed by atoms with Gasteiger partial charge in [0.1, 0.15) is 9.84 Å². The van der Waals surface area contributed by atoms with E-state index in [1.807, 2.05) is 0 Å². The molecule has 19 heavy (non-hydrogen) atoms. The number of hydrogen-bond donors (Lipinski definition) is 1. The van der Waals surface area contributed by atoms with Gasteiger partial charge in [-0.25, -0.2) is 8.42 Å². The van der Waals surface area contributed by atoms with Crippen molar-refractivity contribution in [1.82, 2.24) is 5.32 Å². The van der Waals surface area contributed by atoms with Crippen LogP contribution in [-0.2, 0) is 14.6 Å². The highest BCUT2D eigenvalue weighted by Crippen LogP contribution is 2.34. The lowest BCUT2D eigenvalue weighted by atomic mass is 9.78. The van der Waals surface area contributed by atoms with E-state index in [2.05, 4.69) is 12.2 Å². The van der Waals surface area contributed by atoms with E-state index < -0.39 is 9.84 Å². The molecule has 1 saturated carbocycles. The first kappa shape index (κ1) is 15.3. The fraction of sp³-hybridized carbons (Fsp3) is 1.00. The molecular formula is C14H27NO3S. The average molecular weight is 289 g/mol. The van der Waals surface area contributed by atoms with Gasteiger partial charge in [0, 0.05) is 24.8 Å². The molecule has 4 nitrogen and oxygen atoms in total. The lowest BCUT2D eigenvalue weighted by Crippen LogP contribution is -2.45. The van der Waals surface area contributed by atoms with Crippen LogP contribution in [0, 0.1) is 11.8 Å². The third-order valence-electron chi connectivity index (χ3n) is 4.69. The number of nitrogens with one attached hydrogen (secondary N) is 1. The Hall–Kier alpha value is -0.130. The van der Waals surface area contributed by atoms with E-state index in [9.17, 15) is 8.42 Å². The molecule has 0 radical (unpaired) electrons. The van der Waals surface area contributed by atoms with Crippen molar-refractivity contribution in [3.8, 4) is 0 Å². The Balaban J connectivity index is 2.04. The van der Waals surface area contributed by atoms with Crippen molar-refractivity contribution in [2.24, 2.45) is 11.8 Å². The zero-order chi connectivity index (χ0) is 13.9. The molecule has 5 heteroatoms. The molecule has 2 rings (SSSR count). The van der Waals surface area contributed by atoms with Gasteiger partial charge in [-0.05, 0) is 38.1 Å². The minimum absolute atomic E-state index is 0.130. The van der Waals surface area contributed by atoms with Gasteiger partial charge in [0.05, 0.1) is 11.9 Å². The quantitative estimate of drug-likeness (QED) is 0.835. The second kappa shape index (κ2) is 6.55. The number of hydrogen-bond acceptors (Lipinski definition) is 4. The van der Waals surface area contributed by atoms with Crippen molar-refractivity contribution >= 4 is 9.84 Å². The van der Waals surface area contributed by atoms with Gasteiger partial charge in [-0.1, -0.05) is 13.3 Å². The molecule has 112 valence electrons. The maximum atomic E-state index is 11.8. The monoisotopic (exact) mass is 289 g/mol. The van der Waals surface area contributed by atoms with Crippen LogP contribution in [-0.4, -0.2) is 45.7 Å². The predicted molar refractivity (Wildman–Crippen MR) is 77.0 cm³/mol. The molecule has 2 fully saturated rings. The molecule has 0 spiro atoms. The highest BCUT2D eigenvalue weighted by Gasteiger charge is 2.37. The molecule has 0 bridgehead atoms. The first-order valence-corrected chi connectivity index (χ1v) is 9.47. The van der Waals surface area contributed by atoms with Crippen molar-refractivity contribution in [1.29, 1.82) is 0 Å². The Morgan fingerprint density at radius 1 is 1.26 bits per heavy atom. The van der Waals surface area contributed by atoms with Crippen LogP contribution in [0.15, 0.2) is 0 Å². The van der Waals surface area contributed by atoms with Gasteiger partial charge < -0.3 is 10.1 Å². The molecule has 0 aromatic heterocycles. The van der Waals surface area contributed by atoms with Crippen LogP contribution in [0.2, 0.25) is 0 Å². The number of sulfone groups is 1. The zero-order valence-electron chi connectivity index (χ0n) is 12.1. The van der Waals surface area contributed by atoms with Gasteiger partial charge in [0.15, 0.2) is 0 Å². The standard InChI is InChI=1S/C14H27NO3S/c1-3-15-14(12-7-8-18-10-12)11-5-4-6-13(9-11)19(2,16)17/h11-15H,3-10H2,1-2H3. The fourth-order valence-electron chi connectivity index (χ4n) is 3.69. The number of rotatable bonds is 5. The molecular weight excluding hydrogens is 262 g/mol. The summed E-state index contributed by atoms with van der Waals surface area (Å²) in [6.45, 7) is 4.76. The Bertz CT molecular complexity index is 376. The Kier molecular flexibility index (Phi) is 5.26. The third-order valence-corrected chi connectivity index (χ3v) is 6.33. The van der Waals surface area contributed by atoms with E-state index in [0.29, 0.717) is 17.9 Å². The van der Waals surface area contributed by atoms with Gasteiger partial charge in [0.25, 0.3) is 0 Å². The maximum absolute atomic E-state index is 11.8. The number of ether oxygens (including phenoxy) is 1. The summed E-state index contributed by atoms with van der Waals surface area (Å²) in [4.78, 5) is 0. The largest absolute Gasteiger partial charge is 0.381 e. The molecule has 4 unspecified atom stereocenters. The smallest absolute Gasteiger partial charge is 0.150 e. The fourth-order valence-corrected chi connectivity index (χ4v) is 4.88. The van der Waals surface area contributed by atoms with E-state index in [1.165, 1.54) is 6.26 Å². The predicted octanol–water partition coefficient (Wildman–Crippen LogP) is 1.60. The van der Waals surface area contributed by atoms with Crippen LogP contribution in [0.4, 0.5) is 0 Å². The Morgan fingerprint density at radius 3 is 2.63 bits per heavy atom. The molecule has 0 aromatic rings. The average Bonchev–Trinajstić information content (AvgIpc) is 2.88. The van der Waals surface area contributed by atoms with Crippen molar-refractivity contribution in [2.75, 3.05) is 26.0 Å². The van der Waals surface area contributed by atoms with Gasteiger partial charge in [-0.3, -0.25) is 0 Å². The highest BCUT2D eigenvalue weighted by molar-refractivity contribution is 7.91. The van der Waals surface area contributed by atoms with Crippen molar-refractivity contribution < 1.29 is 13.2 Å². The van der Waals surface area contributed by atoms with Gasteiger partial charge in [-0.2, -0.15) is 0 Å². The van der Waals surface area contributed by atoms with Gasteiger partial charge >= 0.3 is 0 Å². The summed E-state index contributed by atoms with van der Waals surface area (Å²) >= 11 is 0. The van der Waals surface area contributed by atoms with E-state index in [0.717, 1.165) is 51.9 Å². The van der Waals surface area contributed by atoms with Crippen molar-refractivity contribution in [3.05, 3.63) is 0 Å². The molecule has 0 amide bonds. The molecule has 1 saturated heterocycles. The highest BCUT2D eigenvalue weighted by atomic mass is 32.2. The summed E-state index contributed by atoms with van der Waals surface area (Å²) in [6, 6.07) is 0.428. The molecule has 4 atom stereocenters. The summed E-state index contributed by atoms with van der Waals surface area (Å²) in [7, 11) is -2.89. The first-order valence-electron chi connectivity index (χ1n) is 7.52. The van der Waals surface area contributed by atoms with Gasteiger partial charge in [0.2, 0.25) is 0 Å². The Morgan fingerprint density at radius 2 is 2.05 bits per heavy atom. The minimum atomic E-state index is -2.89. The van der Waals surface area contributed by atoms with Crippen molar-refractivity contribution in [3.63, 3.8) is 0 Å². The van der Waals surface area contributed by atoms with Gasteiger partial charge in [-0.15, -0.1) is 0 Å². The molecule has 1 aliphatic carbocycles. The third kappa shape index (κ3) is 3.92. The van der Waals surface area contributed by atoms with E-state index >= 15 is 0 Å². The molecule has 0 aromatic carbocycles. The molecule has 1 N–H and O–H groups in total. The molecule has 1 heterocycles.